The lowest BCUT2D eigenvalue weighted by atomic mass is 10.2. The van der Waals surface area contributed by atoms with Gasteiger partial charge in [-0.3, -0.25) is 0 Å². The molecule has 0 fully saturated rings. The van der Waals surface area contributed by atoms with Crippen molar-refractivity contribution in [2.24, 2.45) is 0 Å². The first-order valence-corrected chi connectivity index (χ1v) is 11.4. The summed E-state index contributed by atoms with van der Waals surface area (Å²) in [5.74, 6) is 1.39. The van der Waals surface area contributed by atoms with Crippen LogP contribution >= 0.6 is 24.2 Å². The van der Waals surface area contributed by atoms with E-state index in [4.69, 9.17) is 4.74 Å². The third-order valence-corrected chi connectivity index (χ3v) is 5.76. The molecule has 9 heteroatoms. The van der Waals surface area contributed by atoms with Crippen LogP contribution in [0.5, 0.6) is 5.75 Å². The monoisotopic (exact) mass is 485 g/mol. The molecule has 0 unspecified atom stereocenters. The van der Waals surface area contributed by atoms with Gasteiger partial charge in [0.15, 0.2) is 0 Å². The highest BCUT2D eigenvalue weighted by atomic mass is 35.5. The van der Waals surface area contributed by atoms with E-state index in [0.29, 0.717) is 5.56 Å². The zero-order valence-electron chi connectivity index (χ0n) is 17.9. The molecule has 1 heterocycles. The SMILES string of the molecule is Cl.Fc1ccccc1COc1cccc(CNCCCSc2nnnn2-c2ccccc2)c1. The zero-order chi connectivity index (χ0) is 22.0. The molecule has 0 aliphatic heterocycles. The number of thioether (sulfide) groups is 1. The van der Waals surface area contributed by atoms with Gasteiger partial charge in [0.25, 0.3) is 0 Å². The van der Waals surface area contributed by atoms with Crippen molar-refractivity contribution in [1.82, 2.24) is 25.5 Å². The first-order valence-electron chi connectivity index (χ1n) is 10.4. The van der Waals surface area contributed by atoms with E-state index >= 15 is 0 Å². The van der Waals surface area contributed by atoms with Gasteiger partial charge >= 0.3 is 0 Å². The fourth-order valence-corrected chi connectivity index (χ4v) is 3.94. The molecule has 3 aromatic carbocycles. The first-order chi connectivity index (χ1) is 15.8. The fourth-order valence-electron chi connectivity index (χ4n) is 3.12. The lowest BCUT2D eigenvalue weighted by Crippen LogP contribution is -2.15. The van der Waals surface area contributed by atoms with Crippen LogP contribution in [0.15, 0.2) is 84.0 Å². The molecule has 0 saturated heterocycles. The van der Waals surface area contributed by atoms with Crippen molar-refractivity contribution >= 4 is 24.2 Å². The minimum absolute atomic E-state index is 0. The molecule has 0 radical (unpaired) electrons. The van der Waals surface area contributed by atoms with Gasteiger partial charge in [-0.1, -0.05) is 60.3 Å². The fraction of sp³-hybridized carbons (Fsp3) is 0.208. The van der Waals surface area contributed by atoms with Crippen molar-refractivity contribution in [3.8, 4) is 11.4 Å². The second-order valence-corrected chi connectivity index (χ2v) is 8.18. The molecule has 33 heavy (non-hydrogen) atoms. The first kappa shape index (κ1) is 24.7. The predicted octanol–water partition coefficient (Wildman–Crippen LogP) is 5.07. The van der Waals surface area contributed by atoms with Crippen molar-refractivity contribution < 1.29 is 9.13 Å². The molecule has 1 aromatic heterocycles. The Morgan fingerprint density at radius 2 is 1.79 bits per heavy atom. The Kier molecular flexibility index (Phi) is 9.68. The highest BCUT2D eigenvalue weighted by Gasteiger charge is 2.08. The molecule has 0 spiro atoms. The Morgan fingerprint density at radius 3 is 2.64 bits per heavy atom. The van der Waals surface area contributed by atoms with Crippen LogP contribution in [0.1, 0.15) is 17.5 Å². The van der Waals surface area contributed by atoms with Gasteiger partial charge in [-0.2, -0.15) is 4.68 Å². The van der Waals surface area contributed by atoms with E-state index in [1.54, 1.807) is 28.6 Å². The molecular weight excluding hydrogens is 461 g/mol. The van der Waals surface area contributed by atoms with Crippen LogP contribution in [-0.4, -0.2) is 32.5 Å². The second kappa shape index (κ2) is 12.9. The largest absolute Gasteiger partial charge is 0.489 e. The van der Waals surface area contributed by atoms with Crippen LogP contribution in [0.2, 0.25) is 0 Å². The third kappa shape index (κ3) is 7.28. The topological polar surface area (TPSA) is 64.9 Å². The van der Waals surface area contributed by atoms with Gasteiger partial charge in [-0.05, 0) is 59.3 Å². The zero-order valence-corrected chi connectivity index (χ0v) is 19.6. The van der Waals surface area contributed by atoms with Crippen LogP contribution < -0.4 is 10.1 Å². The Balaban J connectivity index is 0.00000306. The van der Waals surface area contributed by atoms with Crippen LogP contribution in [0.4, 0.5) is 4.39 Å². The smallest absolute Gasteiger partial charge is 0.214 e. The van der Waals surface area contributed by atoms with E-state index in [9.17, 15) is 4.39 Å². The number of nitrogens with zero attached hydrogens (tertiary/aromatic N) is 4. The number of aromatic nitrogens is 4. The predicted molar refractivity (Wildman–Crippen MR) is 131 cm³/mol. The van der Waals surface area contributed by atoms with Gasteiger partial charge in [0, 0.05) is 17.9 Å². The van der Waals surface area contributed by atoms with Crippen molar-refractivity contribution in [2.45, 2.75) is 24.7 Å². The van der Waals surface area contributed by atoms with E-state index in [1.807, 2.05) is 60.7 Å². The maximum atomic E-state index is 13.7. The summed E-state index contributed by atoms with van der Waals surface area (Å²) in [5.41, 5.74) is 2.62. The van der Waals surface area contributed by atoms with Gasteiger partial charge in [-0.25, -0.2) is 4.39 Å². The summed E-state index contributed by atoms with van der Waals surface area (Å²) in [6, 6.07) is 24.4. The summed E-state index contributed by atoms with van der Waals surface area (Å²) < 4.78 is 21.2. The molecule has 1 N–H and O–H groups in total. The number of hydrogen-bond donors (Lipinski definition) is 1. The normalized spacial score (nSPS) is 10.6. The van der Waals surface area contributed by atoms with Crippen molar-refractivity contribution in [1.29, 1.82) is 0 Å². The van der Waals surface area contributed by atoms with Crippen molar-refractivity contribution in [3.63, 3.8) is 0 Å². The van der Waals surface area contributed by atoms with Crippen LogP contribution in [0.3, 0.4) is 0 Å². The molecule has 4 aromatic rings. The minimum atomic E-state index is -0.249. The second-order valence-electron chi connectivity index (χ2n) is 7.12. The standard InChI is InChI=1S/C24H24FN5OS.ClH/c25-23-13-5-4-9-20(23)18-31-22-12-6-8-19(16-22)17-26-14-7-15-32-24-27-28-29-30(24)21-10-2-1-3-11-21;/h1-6,8-13,16,26H,7,14-15,17-18H2;1H. The van der Waals surface area contributed by atoms with Gasteiger partial charge in [0.1, 0.15) is 18.2 Å². The molecule has 0 amide bonds. The quantitative estimate of drug-likeness (QED) is 0.236. The summed E-state index contributed by atoms with van der Waals surface area (Å²) in [5, 5.41) is 16.2. The molecule has 0 bridgehead atoms. The van der Waals surface area contributed by atoms with Crippen molar-refractivity contribution in [2.75, 3.05) is 12.3 Å². The summed E-state index contributed by atoms with van der Waals surface area (Å²) in [6.45, 7) is 1.83. The van der Waals surface area contributed by atoms with E-state index in [1.165, 1.54) is 6.07 Å². The number of rotatable bonds is 11. The number of tetrazole rings is 1. The average Bonchev–Trinajstić information content (AvgIpc) is 3.30. The molecule has 0 aliphatic carbocycles. The van der Waals surface area contributed by atoms with E-state index in [2.05, 4.69) is 20.8 Å². The molecule has 0 aliphatic rings. The summed E-state index contributed by atoms with van der Waals surface area (Å²) in [4.78, 5) is 0. The van der Waals surface area contributed by atoms with Gasteiger partial charge in [0.05, 0.1) is 5.69 Å². The van der Waals surface area contributed by atoms with E-state index in [-0.39, 0.29) is 24.8 Å². The Morgan fingerprint density at radius 1 is 0.970 bits per heavy atom. The maximum absolute atomic E-state index is 13.7. The lowest BCUT2D eigenvalue weighted by molar-refractivity contribution is 0.299. The number of hydrogen-bond acceptors (Lipinski definition) is 6. The number of ether oxygens (including phenoxy) is 1. The third-order valence-electron chi connectivity index (χ3n) is 4.75. The van der Waals surface area contributed by atoms with E-state index in [0.717, 1.165) is 47.4 Å². The Hall–Kier alpha value is -2.94. The number of benzene rings is 3. The summed E-state index contributed by atoms with van der Waals surface area (Å²) in [6.07, 6.45) is 0.982. The van der Waals surface area contributed by atoms with Gasteiger partial charge in [0.2, 0.25) is 5.16 Å². The number of para-hydroxylation sites is 1. The van der Waals surface area contributed by atoms with Crippen LogP contribution in [0, 0.1) is 5.82 Å². The highest BCUT2D eigenvalue weighted by molar-refractivity contribution is 7.99. The Labute approximate surface area is 203 Å². The highest BCUT2D eigenvalue weighted by Crippen LogP contribution is 2.19. The maximum Gasteiger partial charge on any atom is 0.214 e. The van der Waals surface area contributed by atoms with E-state index < -0.39 is 0 Å². The van der Waals surface area contributed by atoms with Gasteiger partial charge < -0.3 is 10.1 Å². The molecular formula is C24H25ClFN5OS. The molecule has 0 atom stereocenters. The van der Waals surface area contributed by atoms with Gasteiger partial charge in [-0.15, -0.1) is 17.5 Å². The minimum Gasteiger partial charge on any atom is -0.489 e. The molecule has 0 saturated carbocycles. The average molecular weight is 486 g/mol. The molecule has 6 nitrogen and oxygen atoms in total. The van der Waals surface area contributed by atoms with Crippen LogP contribution in [-0.2, 0) is 13.2 Å². The van der Waals surface area contributed by atoms with Crippen molar-refractivity contribution in [3.05, 3.63) is 95.8 Å². The molecule has 4 rings (SSSR count). The molecule has 172 valence electrons. The van der Waals surface area contributed by atoms with Crippen LogP contribution in [0.25, 0.3) is 5.69 Å². The Bertz CT molecular complexity index is 1130. The lowest BCUT2D eigenvalue weighted by Gasteiger charge is -2.10. The summed E-state index contributed by atoms with van der Waals surface area (Å²) in [7, 11) is 0. The number of nitrogens with one attached hydrogen (secondary N) is 1. The summed E-state index contributed by atoms with van der Waals surface area (Å²) >= 11 is 1.64. The number of halogens is 2.